The first-order chi connectivity index (χ1) is 9.60. The van der Waals surface area contributed by atoms with Crippen molar-refractivity contribution in [2.45, 2.75) is 6.92 Å². The van der Waals surface area contributed by atoms with Crippen molar-refractivity contribution in [2.24, 2.45) is 0 Å². The van der Waals surface area contributed by atoms with E-state index in [1.165, 1.54) is 18.9 Å². The molecule has 6 nitrogen and oxygen atoms in total. The number of methoxy groups -OCH3 is 2. The van der Waals surface area contributed by atoms with E-state index in [0.29, 0.717) is 5.69 Å². The van der Waals surface area contributed by atoms with Crippen LogP contribution in [-0.4, -0.2) is 35.9 Å². The number of hydrogen-bond acceptors (Lipinski definition) is 5. The molecule has 0 aliphatic rings. The molecule has 1 aromatic carbocycles. The van der Waals surface area contributed by atoms with E-state index in [0.717, 1.165) is 5.69 Å². The summed E-state index contributed by atoms with van der Waals surface area (Å²) in [5, 5.41) is 4.16. The smallest absolute Gasteiger partial charge is 0.359 e. The Bertz CT molecular complexity index is 647. The molecule has 0 amide bonds. The van der Waals surface area contributed by atoms with E-state index in [4.69, 9.17) is 4.74 Å². The van der Waals surface area contributed by atoms with Crippen LogP contribution >= 0.6 is 0 Å². The summed E-state index contributed by atoms with van der Waals surface area (Å²) in [7, 11) is 2.49. The van der Waals surface area contributed by atoms with Crippen molar-refractivity contribution in [1.29, 1.82) is 0 Å². The molecule has 1 aromatic heterocycles. The standard InChI is InChI=1S/C14H14N2O4/c1-9-11(13(17)19-2)12(14(18)20-3)15-16(9)10-7-5-4-6-8-10/h4-8H,1-3H3. The number of carbonyl (C=O) groups excluding carboxylic acids is 2. The molecular weight excluding hydrogens is 260 g/mol. The Morgan fingerprint density at radius 1 is 1.05 bits per heavy atom. The van der Waals surface area contributed by atoms with E-state index < -0.39 is 11.9 Å². The van der Waals surface area contributed by atoms with E-state index in [1.807, 2.05) is 30.3 Å². The van der Waals surface area contributed by atoms with Gasteiger partial charge in [0.05, 0.1) is 25.6 Å². The largest absolute Gasteiger partial charge is 0.465 e. The van der Waals surface area contributed by atoms with E-state index in [-0.39, 0.29) is 11.3 Å². The molecule has 0 aliphatic heterocycles. The lowest BCUT2D eigenvalue weighted by atomic mass is 10.2. The summed E-state index contributed by atoms with van der Waals surface area (Å²) in [4.78, 5) is 23.6. The molecule has 0 saturated carbocycles. The van der Waals surface area contributed by atoms with Gasteiger partial charge < -0.3 is 9.47 Å². The summed E-state index contributed by atoms with van der Waals surface area (Å²) < 4.78 is 10.9. The molecule has 104 valence electrons. The van der Waals surface area contributed by atoms with Gasteiger partial charge in [-0.2, -0.15) is 5.10 Å². The van der Waals surface area contributed by atoms with Gasteiger partial charge in [-0.1, -0.05) is 18.2 Å². The first-order valence-corrected chi connectivity index (χ1v) is 5.91. The predicted octanol–water partition coefficient (Wildman–Crippen LogP) is 1.75. The topological polar surface area (TPSA) is 70.4 Å². The molecule has 20 heavy (non-hydrogen) atoms. The summed E-state index contributed by atoms with van der Waals surface area (Å²) >= 11 is 0. The highest BCUT2D eigenvalue weighted by Crippen LogP contribution is 2.19. The van der Waals surface area contributed by atoms with Gasteiger partial charge in [0.15, 0.2) is 5.69 Å². The first kappa shape index (κ1) is 13.8. The van der Waals surface area contributed by atoms with E-state index in [1.54, 1.807) is 6.92 Å². The maximum Gasteiger partial charge on any atom is 0.359 e. The average Bonchev–Trinajstić information content (AvgIpc) is 2.84. The number of aromatic nitrogens is 2. The van der Waals surface area contributed by atoms with Crippen molar-refractivity contribution in [3.8, 4) is 5.69 Å². The molecule has 0 spiro atoms. The minimum Gasteiger partial charge on any atom is -0.465 e. The maximum absolute atomic E-state index is 11.8. The van der Waals surface area contributed by atoms with Crippen LogP contribution in [0.15, 0.2) is 30.3 Å². The van der Waals surface area contributed by atoms with Crippen LogP contribution in [0.5, 0.6) is 0 Å². The van der Waals surface area contributed by atoms with Crippen LogP contribution in [0.3, 0.4) is 0 Å². The molecule has 0 radical (unpaired) electrons. The zero-order chi connectivity index (χ0) is 14.7. The Kier molecular flexibility index (Phi) is 3.84. The van der Waals surface area contributed by atoms with E-state index in [9.17, 15) is 9.59 Å². The highest BCUT2D eigenvalue weighted by atomic mass is 16.5. The van der Waals surface area contributed by atoms with Crippen molar-refractivity contribution in [3.63, 3.8) is 0 Å². The number of rotatable bonds is 3. The second-order valence-electron chi connectivity index (χ2n) is 4.04. The van der Waals surface area contributed by atoms with Crippen LogP contribution in [0.2, 0.25) is 0 Å². The summed E-state index contributed by atoms with van der Waals surface area (Å²) in [6.07, 6.45) is 0. The SMILES string of the molecule is COC(=O)c1nn(-c2ccccc2)c(C)c1C(=O)OC. The fourth-order valence-corrected chi connectivity index (χ4v) is 1.91. The molecule has 0 atom stereocenters. The lowest BCUT2D eigenvalue weighted by Gasteiger charge is -2.04. The number of esters is 2. The van der Waals surface area contributed by atoms with Gasteiger partial charge in [0.2, 0.25) is 0 Å². The van der Waals surface area contributed by atoms with Crippen molar-refractivity contribution >= 4 is 11.9 Å². The molecule has 0 saturated heterocycles. The fraction of sp³-hybridized carbons (Fsp3) is 0.214. The first-order valence-electron chi connectivity index (χ1n) is 5.91. The molecular formula is C14H14N2O4. The Morgan fingerprint density at radius 2 is 1.65 bits per heavy atom. The minimum absolute atomic E-state index is 0.0549. The number of benzene rings is 1. The average molecular weight is 274 g/mol. The Morgan fingerprint density at radius 3 is 2.20 bits per heavy atom. The zero-order valence-corrected chi connectivity index (χ0v) is 11.4. The van der Waals surface area contributed by atoms with E-state index in [2.05, 4.69) is 9.84 Å². The molecule has 1 heterocycles. The van der Waals surface area contributed by atoms with Gasteiger partial charge in [0.25, 0.3) is 0 Å². The minimum atomic E-state index is -0.678. The van der Waals surface area contributed by atoms with Gasteiger partial charge in [-0.15, -0.1) is 0 Å². The van der Waals surface area contributed by atoms with Crippen LogP contribution in [0.25, 0.3) is 5.69 Å². The molecule has 2 rings (SSSR count). The van der Waals surface area contributed by atoms with Crippen LogP contribution in [0.1, 0.15) is 26.5 Å². The van der Waals surface area contributed by atoms with Gasteiger partial charge in [0, 0.05) is 0 Å². The number of para-hydroxylation sites is 1. The second-order valence-corrected chi connectivity index (χ2v) is 4.04. The number of carbonyl (C=O) groups is 2. The van der Waals surface area contributed by atoms with Gasteiger partial charge in [-0.05, 0) is 19.1 Å². The third-order valence-corrected chi connectivity index (χ3v) is 2.89. The molecule has 0 aliphatic carbocycles. The predicted molar refractivity (Wildman–Crippen MR) is 71.0 cm³/mol. The molecule has 0 unspecified atom stereocenters. The lowest BCUT2D eigenvalue weighted by Crippen LogP contribution is -2.11. The summed E-state index contributed by atoms with van der Waals surface area (Å²) in [6.45, 7) is 1.69. The molecule has 0 bridgehead atoms. The third kappa shape index (κ3) is 2.27. The highest BCUT2D eigenvalue weighted by Gasteiger charge is 2.27. The van der Waals surface area contributed by atoms with Gasteiger partial charge in [-0.3, -0.25) is 0 Å². The number of hydrogen-bond donors (Lipinski definition) is 0. The zero-order valence-electron chi connectivity index (χ0n) is 11.4. The summed E-state index contributed by atoms with van der Waals surface area (Å²) in [6, 6.07) is 9.19. The lowest BCUT2D eigenvalue weighted by molar-refractivity contribution is 0.0551. The molecule has 6 heteroatoms. The van der Waals surface area contributed by atoms with Crippen LogP contribution in [0.4, 0.5) is 0 Å². The maximum atomic E-state index is 11.8. The molecule has 0 fully saturated rings. The highest BCUT2D eigenvalue weighted by molar-refractivity contribution is 6.02. The monoisotopic (exact) mass is 274 g/mol. The van der Waals surface area contributed by atoms with Crippen molar-refractivity contribution in [1.82, 2.24) is 9.78 Å². The van der Waals surface area contributed by atoms with E-state index >= 15 is 0 Å². The molecule has 2 aromatic rings. The van der Waals surface area contributed by atoms with Gasteiger partial charge in [0.1, 0.15) is 5.56 Å². The van der Waals surface area contributed by atoms with Crippen LogP contribution in [-0.2, 0) is 9.47 Å². The summed E-state index contributed by atoms with van der Waals surface area (Å²) in [5.74, 6) is -1.30. The van der Waals surface area contributed by atoms with Crippen molar-refractivity contribution < 1.29 is 19.1 Å². The fourth-order valence-electron chi connectivity index (χ4n) is 1.91. The quantitative estimate of drug-likeness (QED) is 0.797. The second kappa shape index (κ2) is 5.56. The number of nitrogens with zero attached hydrogens (tertiary/aromatic N) is 2. The Labute approximate surface area is 115 Å². The number of ether oxygens (including phenoxy) is 2. The summed E-state index contributed by atoms with van der Waals surface area (Å²) in [5.41, 5.74) is 1.32. The van der Waals surface area contributed by atoms with Crippen LogP contribution < -0.4 is 0 Å². The Balaban J connectivity index is 2.65. The van der Waals surface area contributed by atoms with Gasteiger partial charge >= 0.3 is 11.9 Å². The van der Waals surface area contributed by atoms with Crippen LogP contribution in [0, 0.1) is 6.92 Å². The Hall–Kier alpha value is -2.63. The molecule has 0 N–H and O–H groups in total. The third-order valence-electron chi connectivity index (χ3n) is 2.89. The normalized spacial score (nSPS) is 10.2. The van der Waals surface area contributed by atoms with Gasteiger partial charge in [-0.25, -0.2) is 14.3 Å². The van der Waals surface area contributed by atoms with Crippen molar-refractivity contribution in [2.75, 3.05) is 14.2 Å². The van der Waals surface area contributed by atoms with Crippen molar-refractivity contribution in [3.05, 3.63) is 47.3 Å².